The maximum Gasteiger partial charge on any atom is 0.0572 e. The predicted molar refractivity (Wildman–Crippen MR) is 42.2 cm³/mol. The topological polar surface area (TPSA) is 29.5 Å². The standard InChI is InChI=1S/C9H16O2/c1-6-8-5-11-3-2-7(8)4-9(6)10/h6-10H,2-5H2,1H3/t6-,7+,8-,9+/m1/s1. The van der Waals surface area contributed by atoms with Crippen molar-refractivity contribution in [1.29, 1.82) is 0 Å². The lowest BCUT2D eigenvalue weighted by atomic mass is 9.87. The van der Waals surface area contributed by atoms with Crippen molar-refractivity contribution >= 4 is 0 Å². The molecule has 11 heavy (non-hydrogen) atoms. The largest absolute Gasteiger partial charge is 0.393 e. The molecule has 0 spiro atoms. The van der Waals surface area contributed by atoms with Gasteiger partial charge in [-0.05, 0) is 30.6 Å². The Bertz CT molecular complexity index is 146. The van der Waals surface area contributed by atoms with Crippen molar-refractivity contribution < 1.29 is 9.84 Å². The van der Waals surface area contributed by atoms with Gasteiger partial charge in [0.1, 0.15) is 0 Å². The van der Waals surface area contributed by atoms with E-state index < -0.39 is 0 Å². The molecule has 0 bridgehead atoms. The summed E-state index contributed by atoms with van der Waals surface area (Å²) in [6, 6.07) is 0. The Morgan fingerprint density at radius 3 is 3.00 bits per heavy atom. The van der Waals surface area contributed by atoms with E-state index in [-0.39, 0.29) is 6.10 Å². The van der Waals surface area contributed by atoms with Crippen molar-refractivity contribution in [3.05, 3.63) is 0 Å². The average Bonchev–Trinajstić information content (AvgIpc) is 2.30. The second-order valence-corrected chi connectivity index (χ2v) is 3.95. The van der Waals surface area contributed by atoms with Gasteiger partial charge >= 0.3 is 0 Å². The third kappa shape index (κ3) is 1.18. The Labute approximate surface area is 67.6 Å². The van der Waals surface area contributed by atoms with E-state index in [0.717, 1.165) is 32.0 Å². The molecule has 1 aliphatic carbocycles. The Kier molecular flexibility index (Phi) is 1.90. The number of aliphatic hydroxyl groups is 1. The Balaban J connectivity index is 2.05. The highest BCUT2D eigenvalue weighted by Crippen LogP contribution is 2.41. The summed E-state index contributed by atoms with van der Waals surface area (Å²) >= 11 is 0. The highest BCUT2D eigenvalue weighted by molar-refractivity contribution is 4.90. The normalized spacial score (nSPS) is 50.7. The van der Waals surface area contributed by atoms with Crippen LogP contribution in [0.4, 0.5) is 0 Å². The van der Waals surface area contributed by atoms with Crippen LogP contribution in [0.5, 0.6) is 0 Å². The van der Waals surface area contributed by atoms with E-state index in [4.69, 9.17) is 4.74 Å². The van der Waals surface area contributed by atoms with Crippen molar-refractivity contribution in [3.63, 3.8) is 0 Å². The molecule has 0 unspecified atom stereocenters. The van der Waals surface area contributed by atoms with Crippen molar-refractivity contribution in [2.24, 2.45) is 17.8 Å². The molecule has 2 heteroatoms. The minimum absolute atomic E-state index is 0.0632. The van der Waals surface area contributed by atoms with Gasteiger partial charge in [-0.15, -0.1) is 0 Å². The highest BCUT2D eigenvalue weighted by atomic mass is 16.5. The van der Waals surface area contributed by atoms with E-state index in [1.165, 1.54) is 0 Å². The number of aliphatic hydroxyl groups excluding tert-OH is 1. The van der Waals surface area contributed by atoms with Crippen LogP contribution in [0.15, 0.2) is 0 Å². The SMILES string of the molecule is C[C@@H]1[C@H]2COCC[C@H]2C[C@@H]1O. The molecule has 1 saturated heterocycles. The first-order chi connectivity index (χ1) is 5.29. The fraction of sp³-hybridized carbons (Fsp3) is 1.00. The van der Waals surface area contributed by atoms with Crippen molar-refractivity contribution in [2.75, 3.05) is 13.2 Å². The molecule has 2 aliphatic rings. The molecule has 2 fully saturated rings. The third-order valence-electron chi connectivity index (χ3n) is 3.38. The van der Waals surface area contributed by atoms with Crippen LogP contribution in [0.1, 0.15) is 19.8 Å². The van der Waals surface area contributed by atoms with E-state index in [1.54, 1.807) is 0 Å². The quantitative estimate of drug-likeness (QED) is 0.568. The Morgan fingerprint density at radius 1 is 1.45 bits per heavy atom. The van der Waals surface area contributed by atoms with Gasteiger partial charge in [-0.1, -0.05) is 6.92 Å². The van der Waals surface area contributed by atoms with Crippen LogP contribution < -0.4 is 0 Å². The van der Waals surface area contributed by atoms with Gasteiger partial charge in [0.2, 0.25) is 0 Å². The van der Waals surface area contributed by atoms with E-state index in [9.17, 15) is 5.11 Å². The van der Waals surface area contributed by atoms with Crippen LogP contribution in [-0.4, -0.2) is 24.4 Å². The second kappa shape index (κ2) is 2.76. The van der Waals surface area contributed by atoms with E-state index >= 15 is 0 Å². The number of hydrogen-bond acceptors (Lipinski definition) is 2. The summed E-state index contributed by atoms with van der Waals surface area (Å²) in [5.74, 6) is 1.84. The van der Waals surface area contributed by atoms with Crippen molar-refractivity contribution in [1.82, 2.24) is 0 Å². The molecule has 0 aromatic heterocycles. The lowest BCUT2D eigenvalue weighted by molar-refractivity contribution is 0.0131. The fourth-order valence-corrected chi connectivity index (χ4v) is 2.49. The van der Waals surface area contributed by atoms with Gasteiger partial charge in [0.25, 0.3) is 0 Å². The minimum Gasteiger partial charge on any atom is -0.393 e. The lowest BCUT2D eigenvalue weighted by Crippen LogP contribution is -2.27. The molecular weight excluding hydrogens is 140 g/mol. The molecule has 1 saturated carbocycles. The molecule has 4 atom stereocenters. The van der Waals surface area contributed by atoms with Crippen LogP contribution >= 0.6 is 0 Å². The van der Waals surface area contributed by atoms with Gasteiger partial charge < -0.3 is 9.84 Å². The van der Waals surface area contributed by atoms with Crippen LogP contribution in [0.3, 0.4) is 0 Å². The van der Waals surface area contributed by atoms with Gasteiger partial charge in [0.05, 0.1) is 6.10 Å². The fourth-order valence-electron chi connectivity index (χ4n) is 2.49. The summed E-state index contributed by atoms with van der Waals surface area (Å²) in [6.45, 7) is 3.92. The van der Waals surface area contributed by atoms with Gasteiger partial charge in [0, 0.05) is 13.2 Å². The summed E-state index contributed by atoms with van der Waals surface area (Å²) in [5, 5.41) is 9.57. The molecule has 64 valence electrons. The molecular formula is C9H16O2. The average molecular weight is 156 g/mol. The van der Waals surface area contributed by atoms with E-state index in [0.29, 0.717) is 11.8 Å². The van der Waals surface area contributed by atoms with Gasteiger partial charge in [-0.2, -0.15) is 0 Å². The Morgan fingerprint density at radius 2 is 2.27 bits per heavy atom. The lowest BCUT2D eigenvalue weighted by Gasteiger charge is -2.27. The first kappa shape index (κ1) is 7.56. The zero-order valence-electron chi connectivity index (χ0n) is 6.99. The van der Waals surface area contributed by atoms with Crippen LogP contribution in [0.25, 0.3) is 0 Å². The summed E-state index contributed by atoms with van der Waals surface area (Å²) in [6.07, 6.45) is 2.10. The van der Waals surface area contributed by atoms with Crippen LogP contribution in [0.2, 0.25) is 0 Å². The zero-order chi connectivity index (χ0) is 7.84. The number of rotatable bonds is 0. The highest BCUT2D eigenvalue weighted by Gasteiger charge is 2.41. The first-order valence-electron chi connectivity index (χ1n) is 4.55. The van der Waals surface area contributed by atoms with Gasteiger partial charge in [0.15, 0.2) is 0 Å². The summed E-state index contributed by atoms with van der Waals surface area (Å²) in [5.41, 5.74) is 0. The molecule has 0 aromatic carbocycles. The van der Waals surface area contributed by atoms with Crippen LogP contribution in [0, 0.1) is 17.8 Å². The summed E-state index contributed by atoms with van der Waals surface area (Å²) < 4.78 is 5.39. The molecule has 0 amide bonds. The van der Waals surface area contributed by atoms with Crippen LogP contribution in [-0.2, 0) is 4.74 Å². The smallest absolute Gasteiger partial charge is 0.0572 e. The maximum absolute atomic E-state index is 9.57. The molecule has 2 rings (SSSR count). The molecule has 0 aromatic rings. The van der Waals surface area contributed by atoms with E-state index in [1.807, 2.05) is 0 Å². The molecule has 2 nitrogen and oxygen atoms in total. The van der Waals surface area contributed by atoms with E-state index in [2.05, 4.69) is 6.92 Å². The number of ether oxygens (including phenoxy) is 1. The predicted octanol–water partition coefficient (Wildman–Crippen LogP) is 1.04. The Hall–Kier alpha value is -0.0800. The van der Waals surface area contributed by atoms with Crippen molar-refractivity contribution in [3.8, 4) is 0 Å². The molecule has 0 radical (unpaired) electrons. The molecule has 1 N–H and O–H groups in total. The minimum atomic E-state index is -0.0632. The maximum atomic E-state index is 9.57. The monoisotopic (exact) mass is 156 g/mol. The molecule has 1 aliphatic heterocycles. The third-order valence-corrected chi connectivity index (χ3v) is 3.38. The second-order valence-electron chi connectivity index (χ2n) is 3.95. The molecule has 1 heterocycles. The van der Waals surface area contributed by atoms with Gasteiger partial charge in [-0.25, -0.2) is 0 Å². The first-order valence-corrected chi connectivity index (χ1v) is 4.55. The number of fused-ring (bicyclic) bond motifs is 1. The number of hydrogen-bond donors (Lipinski definition) is 1. The summed E-state index contributed by atoms with van der Waals surface area (Å²) in [7, 11) is 0. The van der Waals surface area contributed by atoms with Gasteiger partial charge in [-0.3, -0.25) is 0 Å². The van der Waals surface area contributed by atoms with Crippen molar-refractivity contribution in [2.45, 2.75) is 25.9 Å². The summed E-state index contributed by atoms with van der Waals surface area (Å²) in [4.78, 5) is 0. The zero-order valence-corrected chi connectivity index (χ0v) is 6.99.